The van der Waals surface area contributed by atoms with Crippen LogP contribution in [-0.2, 0) is 6.42 Å². The molecular weight excluding hydrogens is 349 g/mol. The Morgan fingerprint density at radius 1 is 1.04 bits per heavy atom. The van der Waals surface area contributed by atoms with Gasteiger partial charge in [0.1, 0.15) is 5.75 Å². The Kier molecular flexibility index (Phi) is 6.71. The van der Waals surface area contributed by atoms with Gasteiger partial charge in [-0.05, 0) is 37.1 Å². The van der Waals surface area contributed by atoms with Gasteiger partial charge < -0.3 is 20.1 Å². The molecule has 0 unspecified atom stereocenters. The Morgan fingerprint density at radius 2 is 1.69 bits per heavy atom. The molecule has 0 aliphatic carbocycles. The molecule has 2 aromatic carbocycles. The smallest absolute Gasteiger partial charge is 0.494 e. The molecule has 2 rings (SSSR count). The molecule has 26 heavy (non-hydrogen) atoms. The molecule has 0 saturated heterocycles. The van der Waals surface area contributed by atoms with Gasteiger partial charge in [0.15, 0.2) is 5.75 Å². The van der Waals surface area contributed by atoms with Crippen LogP contribution >= 0.6 is 0 Å². The van der Waals surface area contributed by atoms with Gasteiger partial charge in [-0.1, -0.05) is 30.3 Å². The lowest BCUT2D eigenvalue weighted by Crippen LogP contribution is -2.31. The average Bonchev–Trinajstić information content (AvgIpc) is 2.57. The van der Waals surface area contributed by atoms with Crippen LogP contribution in [0.25, 0.3) is 0 Å². The molecular formula is C18H19F3N2O3. The number of para-hydroxylation sites is 3. The summed E-state index contributed by atoms with van der Waals surface area (Å²) in [7, 11) is 0. The number of anilines is 1. The first-order chi connectivity index (χ1) is 12.4. The molecule has 0 saturated carbocycles. The molecule has 2 aromatic rings. The van der Waals surface area contributed by atoms with E-state index in [0.717, 1.165) is 17.4 Å². The van der Waals surface area contributed by atoms with E-state index in [9.17, 15) is 18.0 Å². The van der Waals surface area contributed by atoms with Crippen molar-refractivity contribution in [2.75, 3.05) is 18.5 Å². The van der Waals surface area contributed by atoms with E-state index in [1.54, 1.807) is 0 Å². The van der Waals surface area contributed by atoms with Crippen LogP contribution in [0.2, 0.25) is 0 Å². The number of hydrogen-bond acceptors (Lipinski definition) is 3. The zero-order chi connectivity index (χ0) is 19.0. The van der Waals surface area contributed by atoms with Crippen LogP contribution in [0.1, 0.15) is 12.5 Å². The molecule has 0 aromatic heterocycles. The molecule has 0 fully saturated rings. The summed E-state index contributed by atoms with van der Waals surface area (Å²) in [5, 5.41) is 4.95. The van der Waals surface area contributed by atoms with E-state index in [2.05, 4.69) is 15.4 Å². The summed E-state index contributed by atoms with van der Waals surface area (Å²) < 4.78 is 46.6. The van der Waals surface area contributed by atoms with E-state index in [4.69, 9.17) is 4.74 Å². The molecule has 2 amide bonds. The molecule has 0 aliphatic rings. The molecule has 8 heteroatoms. The second-order valence-corrected chi connectivity index (χ2v) is 5.22. The third-order valence-corrected chi connectivity index (χ3v) is 3.31. The maximum Gasteiger partial charge on any atom is 0.573 e. The molecule has 0 aliphatic heterocycles. The van der Waals surface area contributed by atoms with Crippen molar-refractivity contribution >= 4 is 11.7 Å². The van der Waals surface area contributed by atoms with Crippen LogP contribution in [0.3, 0.4) is 0 Å². The predicted octanol–water partition coefficient (Wildman–Crippen LogP) is 4.35. The number of halogens is 3. The second kappa shape index (κ2) is 8.98. The standard InChI is InChI=1S/C18H19F3N2O3/c1-2-25-15-9-5-3-7-13(15)11-12-22-17(24)23-14-8-4-6-10-16(14)26-18(19,20)21/h3-10H,2,11-12H2,1H3,(H2,22,23,24). The van der Waals surface area contributed by atoms with Gasteiger partial charge >= 0.3 is 12.4 Å². The minimum atomic E-state index is -4.84. The van der Waals surface area contributed by atoms with Crippen LogP contribution < -0.4 is 20.1 Å². The highest BCUT2D eigenvalue weighted by molar-refractivity contribution is 5.90. The van der Waals surface area contributed by atoms with Crippen LogP contribution in [0.5, 0.6) is 11.5 Å². The Labute approximate surface area is 149 Å². The van der Waals surface area contributed by atoms with Crippen molar-refractivity contribution in [2.24, 2.45) is 0 Å². The highest BCUT2D eigenvalue weighted by Gasteiger charge is 2.32. The Morgan fingerprint density at radius 3 is 2.38 bits per heavy atom. The van der Waals surface area contributed by atoms with E-state index in [1.165, 1.54) is 18.2 Å². The number of carbonyl (C=O) groups is 1. The van der Waals surface area contributed by atoms with Crippen LogP contribution in [0.4, 0.5) is 23.7 Å². The largest absolute Gasteiger partial charge is 0.573 e. The number of carbonyl (C=O) groups excluding carboxylic acids is 1. The third kappa shape index (κ3) is 6.19. The summed E-state index contributed by atoms with van der Waals surface area (Å²) in [5.41, 5.74) is 0.854. The van der Waals surface area contributed by atoms with E-state index >= 15 is 0 Å². The fraction of sp³-hybridized carbons (Fsp3) is 0.278. The zero-order valence-corrected chi connectivity index (χ0v) is 14.1. The summed E-state index contributed by atoms with van der Waals surface area (Å²) >= 11 is 0. The Hall–Kier alpha value is -2.90. The number of rotatable bonds is 7. The first-order valence-electron chi connectivity index (χ1n) is 7.99. The third-order valence-electron chi connectivity index (χ3n) is 3.31. The van der Waals surface area contributed by atoms with Gasteiger partial charge in [-0.2, -0.15) is 0 Å². The van der Waals surface area contributed by atoms with E-state index in [1.807, 2.05) is 31.2 Å². The topological polar surface area (TPSA) is 59.6 Å². The van der Waals surface area contributed by atoms with Crippen LogP contribution in [0, 0.1) is 0 Å². The number of nitrogens with one attached hydrogen (secondary N) is 2. The van der Waals surface area contributed by atoms with Crippen molar-refractivity contribution in [1.82, 2.24) is 5.32 Å². The highest BCUT2D eigenvalue weighted by atomic mass is 19.4. The van der Waals surface area contributed by atoms with Crippen LogP contribution in [-0.4, -0.2) is 25.5 Å². The minimum Gasteiger partial charge on any atom is -0.494 e. The van der Waals surface area contributed by atoms with Crippen molar-refractivity contribution in [3.63, 3.8) is 0 Å². The Bertz CT molecular complexity index is 736. The zero-order valence-electron chi connectivity index (χ0n) is 14.1. The van der Waals surface area contributed by atoms with E-state index in [0.29, 0.717) is 13.0 Å². The van der Waals surface area contributed by atoms with Gasteiger partial charge in [-0.3, -0.25) is 0 Å². The minimum absolute atomic E-state index is 0.0722. The van der Waals surface area contributed by atoms with E-state index in [-0.39, 0.29) is 12.2 Å². The summed E-state index contributed by atoms with van der Waals surface area (Å²) in [4.78, 5) is 11.9. The lowest BCUT2D eigenvalue weighted by molar-refractivity contribution is -0.274. The quantitative estimate of drug-likeness (QED) is 0.764. The molecule has 140 valence electrons. The summed E-state index contributed by atoms with van der Waals surface area (Å²) in [6.45, 7) is 2.70. The van der Waals surface area contributed by atoms with Crippen molar-refractivity contribution < 1.29 is 27.4 Å². The first kappa shape index (κ1) is 19.4. The number of hydrogen-bond donors (Lipinski definition) is 2. The Balaban J connectivity index is 1.90. The lowest BCUT2D eigenvalue weighted by atomic mass is 10.1. The number of ether oxygens (including phenoxy) is 2. The summed E-state index contributed by atoms with van der Waals surface area (Å²) in [5.74, 6) is 0.262. The average molecular weight is 368 g/mol. The van der Waals surface area contributed by atoms with Gasteiger partial charge in [0.2, 0.25) is 0 Å². The van der Waals surface area contributed by atoms with Gasteiger partial charge in [0, 0.05) is 6.54 Å². The van der Waals surface area contributed by atoms with Crippen molar-refractivity contribution in [3.8, 4) is 11.5 Å². The van der Waals surface area contributed by atoms with Crippen molar-refractivity contribution in [3.05, 3.63) is 54.1 Å². The maximum atomic E-state index is 12.4. The predicted molar refractivity (Wildman–Crippen MR) is 91.5 cm³/mol. The normalized spacial score (nSPS) is 10.9. The molecule has 0 atom stereocenters. The number of urea groups is 1. The molecule has 0 radical (unpaired) electrons. The highest BCUT2D eigenvalue weighted by Crippen LogP contribution is 2.29. The van der Waals surface area contributed by atoms with Gasteiger partial charge in [-0.25, -0.2) is 4.79 Å². The SMILES string of the molecule is CCOc1ccccc1CCNC(=O)Nc1ccccc1OC(F)(F)F. The first-order valence-corrected chi connectivity index (χ1v) is 7.99. The molecule has 5 nitrogen and oxygen atoms in total. The number of benzene rings is 2. The van der Waals surface area contributed by atoms with Gasteiger partial charge in [0.05, 0.1) is 12.3 Å². The fourth-order valence-corrected chi connectivity index (χ4v) is 2.27. The molecule has 0 spiro atoms. The van der Waals surface area contributed by atoms with Crippen molar-refractivity contribution in [1.29, 1.82) is 0 Å². The van der Waals surface area contributed by atoms with E-state index < -0.39 is 18.1 Å². The summed E-state index contributed by atoms with van der Waals surface area (Å²) in [6.07, 6.45) is -4.32. The van der Waals surface area contributed by atoms with Crippen LogP contribution in [0.15, 0.2) is 48.5 Å². The molecule has 2 N–H and O–H groups in total. The van der Waals surface area contributed by atoms with Gasteiger partial charge in [0.25, 0.3) is 0 Å². The monoisotopic (exact) mass is 368 g/mol. The fourth-order valence-electron chi connectivity index (χ4n) is 2.27. The molecule has 0 heterocycles. The lowest BCUT2D eigenvalue weighted by Gasteiger charge is -2.14. The second-order valence-electron chi connectivity index (χ2n) is 5.22. The molecule has 0 bridgehead atoms. The number of alkyl halides is 3. The summed E-state index contributed by atoms with van der Waals surface area (Å²) in [6, 6.07) is 12.1. The number of amides is 2. The van der Waals surface area contributed by atoms with Crippen molar-refractivity contribution in [2.45, 2.75) is 19.7 Å². The van der Waals surface area contributed by atoms with Gasteiger partial charge in [-0.15, -0.1) is 13.2 Å². The maximum absolute atomic E-state index is 12.4.